The third-order valence-corrected chi connectivity index (χ3v) is 3.70. The molecule has 1 aromatic heterocycles. The average molecular weight is 257 g/mol. The Hall–Kier alpha value is -1.70. The van der Waals surface area contributed by atoms with Gasteiger partial charge in [0.1, 0.15) is 5.01 Å². The van der Waals surface area contributed by atoms with Gasteiger partial charge in [0.15, 0.2) is 0 Å². The van der Waals surface area contributed by atoms with Crippen molar-refractivity contribution >= 4 is 11.3 Å². The Morgan fingerprint density at radius 1 is 1.33 bits per heavy atom. The van der Waals surface area contributed by atoms with E-state index in [1.165, 1.54) is 5.56 Å². The van der Waals surface area contributed by atoms with Gasteiger partial charge in [-0.15, -0.1) is 11.3 Å². The van der Waals surface area contributed by atoms with Crippen molar-refractivity contribution in [1.29, 1.82) is 5.26 Å². The van der Waals surface area contributed by atoms with Crippen molar-refractivity contribution < 1.29 is 0 Å². The minimum absolute atomic E-state index is 0.715. The summed E-state index contributed by atoms with van der Waals surface area (Å²) in [6.07, 6.45) is 0. The van der Waals surface area contributed by atoms with Crippen LogP contribution < -0.4 is 5.32 Å². The highest BCUT2D eigenvalue weighted by atomic mass is 32.1. The fourth-order valence-electron chi connectivity index (χ4n) is 1.75. The topological polar surface area (TPSA) is 48.7 Å². The number of aryl methyl sites for hydroxylation is 2. The summed E-state index contributed by atoms with van der Waals surface area (Å²) >= 11 is 1.68. The number of thiazole rings is 1. The molecule has 1 heterocycles. The molecule has 1 aromatic carbocycles. The zero-order chi connectivity index (χ0) is 13.0. The van der Waals surface area contributed by atoms with Crippen LogP contribution in [-0.4, -0.2) is 4.98 Å². The molecule has 92 valence electrons. The molecule has 0 bridgehead atoms. The standard InChI is InChI=1S/C14H15N3S/c1-10-5-12(6-15)3-4-13(10)7-16-8-14-17-11(2)9-18-14/h3-5,9,16H,7-8H2,1-2H3. The number of hydrogen-bond donors (Lipinski definition) is 1. The molecule has 0 atom stereocenters. The lowest BCUT2D eigenvalue weighted by Gasteiger charge is -2.06. The highest BCUT2D eigenvalue weighted by molar-refractivity contribution is 7.09. The predicted molar refractivity (Wildman–Crippen MR) is 73.3 cm³/mol. The van der Waals surface area contributed by atoms with Gasteiger partial charge in [-0.1, -0.05) is 6.07 Å². The Bertz CT molecular complexity index is 581. The molecule has 2 rings (SSSR count). The van der Waals surface area contributed by atoms with E-state index in [9.17, 15) is 0 Å². The Balaban J connectivity index is 1.92. The molecule has 0 unspecified atom stereocenters. The summed E-state index contributed by atoms with van der Waals surface area (Å²) < 4.78 is 0. The van der Waals surface area contributed by atoms with Crippen LogP contribution in [-0.2, 0) is 13.1 Å². The fraction of sp³-hybridized carbons (Fsp3) is 0.286. The van der Waals surface area contributed by atoms with Crippen molar-refractivity contribution in [1.82, 2.24) is 10.3 Å². The lowest BCUT2D eigenvalue weighted by molar-refractivity contribution is 0.686. The number of hydrogen-bond acceptors (Lipinski definition) is 4. The maximum Gasteiger partial charge on any atom is 0.107 e. The van der Waals surface area contributed by atoms with Gasteiger partial charge in [0.05, 0.1) is 11.6 Å². The first-order valence-electron chi connectivity index (χ1n) is 5.80. The van der Waals surface area contributed by atoms with E-state index in [4.69, 9.17) is 5.26 Å². The normalized spacial score (nSPS) is 10.3. The number of nitrogens with zero attached hydrogens (tertiary/aromatic N) is 2. The maximum absolute atomic E-state index is 8.81. The summed E-state index contributed by atoms with van der Waals surface area (Å²) in [6.45, 7) is 5.63. The predicted octanol–water partition coefficient (Wildman–Crippen LogP) is 2.92. The van der Waals surface area contributed by atoms with Crippen LogP contribution in [0.2, 0.25) is 0 Å². The monoisotopic (exact) mass is 257 g/mol. The van der Waals surface area contributed by atoms with Gasteiger partial charge in [0, 0.05) is 24.2 Å². The highest BCUT2D eigenvalue weighted by Crippen LogP contribution is 2.12. The number of rotatable bonds is 4. The quantitative estimate of drug-likeness (QED) is 0.916. The summed E-state index contributed by atoms with van der Waals surface area (Å²) in [5, 5.41) is 15.4. The van der Waals surface area contributed by atoms with Crippen LogP contribution in [0.3, 0.4) is 0 Å². The molecule has 0 spiro atoms. The van der Waals surface area contributed by atoms with Gasteiger partial charge in [-0.05, 0) is 37.1 Å². The van der Waals surface area contributed by atoms with Crippen molar-refractivity contribution in [3.05, 3.63) is 51.0 Å². The van der Waals surface area contributed by atoms with Crippen LogP contribution in [0.15, 0.2) is 23.6 Å². The molecule has 0 aliphatic rings. The van der Waals surface area contributed by atoms with E-state index >= 15 is 0 Å². The molecule has 0 saturated heterocycles. The van der Waals surface area contributed by atoms with Gasteiger partial charge in [0.25, 0.3) is 0 Å². The Morgan fingerprint density at radius 2 is 2.17 bits per heavy atom. The maximum atomic E-state index is 8.81. The summed E-state index contributed by atoms with van der Waals surface area (Å²) in [5.41, 5.74) is 4.16. The van der Waals surface area contributed by atoms with Crippen LogP contribution in [0.4, 0.5) is 0 Å². The third-order valence-electron chi connectivity index (χ3n) is 2.73. The largest absolute Gasteiger partial charge is 0.306 e. The summed E-state index contributed by atoms with van der Waals surface area (Å²) in [6, 6.07) is 7.94. The SMILES string of the molecule is Cc1csc(CNCc2ccc(C#N)cc2C)n1. The molecule has 0 amide bonds. The molecule has 3 nitrogen and oxygen atoms in total. The van der Waals surface area contributed by atoms with Crippen LogP contribution in [0, 0.1) is 25.2 Å². The molecule has 0 aliphatic heterocycles. The number of benzene rings is 1. The van der Waals surface area contributed by atoms with E-state index in [2.05, 4.69) is 21.8 Å². The van der Waals surface area contributed by atoms with Crippen LogP contribution >= 0.6 is 11.3 Å². The van der Waals surface area contributed by atoms with E-state index in [-0.39, 0.29) is 0 Å². The molecular weight excluding hydrogens is 242 g/mol. The van der Waals surface area contributed by atoms with E-state index < -0.39 is 0 Å². The molecule has 2 aromatic rings. The number of aromatic nitrogens is 1. The second-order valence-electron chi connectivity index (χ2n) is 4.24. The average Bonchev–Trinajstić information content (AvgIpc) is 2.77. The lowest BCUT2D eigenvalue weighted by Crippen LogP contribution is -2.13. The second-order valence-corrected chi connectivity index (χ2v) is 5.18. The Kier molecular flexibility index (Phi) is 4.08. The molecule has 0 radical (unpaired) electrons. The van der Waals surface area contributed by atoms with Crippen molar-refractivity contribution in [2.45, 2.75) is 26.9 Å². The molecule has 4 heteroatoms. The second kappa shape index (κ2) is 5.76. The minimum Gasteiger partial charge on any atom is -0.306 e. The summed E-state index contributed by atoms with van der Waals surface area (Å²) in [7, 11) is 0. The van der Waals surface area contributed by atoms with Gasteiger partial charge < -0.3 is 5.32 Å². The summed E-state index contributed by atoms with van der Waals surface area (Å²) in [5.74, 6) is 0. The first-order valence-corrected chi connectivity index (χ1v) is 6.68. The smallest absolute Gasteiger partial charge is 0.107 e. The van der Waals surface area contributed by atoms with E-state index in [0.29, 0.717) is 5.56 Å². The Morgan fingerprint density at radius 3 is 2.78 bits per heavy atom. The third kappa shape index (κ3) is 3.16. The van der Waals surface area contributed by atoms with Crippen LogP contribution in [0.1, 0.15) is 27.4 Å². The van der Waals surface area contributed by atoms with E-state index in [1.807, 2.05) is 32.0 Å². The van der Waals surface area contributed by atoms with Gasteiger partial charge >= 0.3 is 0 Å². The summed E-state index contributed by atoms with van der Waals surface area (Å²) in [4.78, 5) is 4.40. The van der Waals surface area contributed by atoms with Crippen molar-refractivity contribution in [2.75, 3.05) is 0 Å². The fourth-order valence-corrected chi connectivity index (χ4v) is 2.49. The minimum atomic E-state index is 0.715. The van der Waals surface area contributed by atoms with Crippen molar-refractivity contribution in [3.8, 4) is 6.07 Å². The molecule has 0 aliphatic carbocycles. The molecule has 1 N–H and O–H groups in total. The molecular formula is C14H15N3S. The molecule has 0 fully saturated rings. The molecule has 0 saturated carbocycles. The first kappa shape index (κ1) is 12.7. The van der Waals surface area contributed by atoms with Gasteiger partial charge in [-0.2, -0.15) is 5.26 Å². The van der Waals surface area contributed by atoms with Crippen molar-refractivity contribution in [3.63, 3.8) is 0 Å². The lowest BCUT2D eigenvalue weighted by atomic mass is 10.1. The van der Waals surface area contributed by atoms with Gasteiger partial charge in [-0.3, -0.25) is 0 Å². The number of nitrogens with one attached hydrogen (secondary N) is 1. The highest BCUT2D eigenvalue weighted by Gasteiger charge is 2.01. The first-order chi connectivity index (χ1) is 8.69. The van der Waals surface area contributed by atoms with Gasteiger partial charge in [-0.25, -0.2) is 4.98 Å². The zero-order valence-corrected chi connectivity index (χ0v) is 11.3. The van der Waals surface area contributed by atoms with Crippen LogP contribution in [0.5, 0.6) is 0 Å². The van der Waals surface area contributed by atoms with Gasteiger partial charge in [0.2, 0.25) is 0 Å². The number of nitriles is 1. The Labute approximate surface area is 111 Å². The van der Waals surface area contributed by atoms with E-state index in [1.54, 1.807) is 11.3 Å². The van der Waals surface area contributed by atoms with E-state index in [0.717, 1.165) is 29.4 Å². The van der Waals surface area contributed by atoms with Crippen LogP contribution in [0.25, 0.3) is 0 Å². The van der Waals surface area contributed by atoms with Crippen molar-refractivity contribution in [2.24, 2.45) is 0 Å². The zero-order valence-electron chi connectivity index (χ0n) is 10.5. The molecule has 18 heavy (non-hydrogen) atoms.